The Labute approximate surface area is 186 Å². The number of rotatable bonds is 7. The molecule has 4 rings (SSSR count). The summed E-state index contributed by atoms with van der Waals surface area (Å²) in [6.45, 7) is 0.726. The molecule has 1 saturated heterocycles. The molecule has 3 aromatic rings. The second-order valence-corrected chi connectivity index (χ2v) is 9.32. The zero-order valence-corrected chi connectivity index (χ0v) is 18.5. The average Bonchev–Trinajstić information content (AvgIpc) is 3.32. The van der Waals surface area contributed by atoms with Crippen LogP contribution in [0.3, 0.4) is 0 Å². The van der Waals surface area contributed by atoms with Crippen molar-refractivity contribution in [2.45, 2.75) is 30.8 Å². The van der Waals surface area contributed by atoms with E-state index < -0.39 is 16.0 Å². The number of hydrogen-bond acceptors (Lipinski definition) is 7. The number of hydrogen-bond donors (Lipinski definition) is 0. The van der Waals surface area contributed by atoms with Crippen LogP contribution in [0.25, 0.3) is 11.3 Å². The predicted octanol–water partition coefficient (Wildman–Crippen LogP) is 3.88. The SMILES string of the molecule is COc1ccccc1-c1cc(COC(=O)c2ccccc2S(=O)(=O)N2CCCCC2)on1. The fourth-order valence-corrected chi connectivity index (χ4v) is 5.38. The second-order valence-electron chi connectivity index (χ2n) is 7.42. The summed E-state index contributed by atoms with van der Waals surface area (Å²) in [6, 6.07) is 15.1. The number of carbonyl (C=O) groups excluding carboxylic acids is 1. The molecule has 0 unspecified atom stereocenters. The van der Waals surface area contributed by atoms with Gasteiger partial charge >= 0.3 is 5.97 Å². The summed E-state index contributed by atoms with van der Waals surface area (Å²) in [5, 5.41) is 4.01. The Bertz CT molecular complexity index is 1200. The van der Waals surface area contributed by atoms with E-state index in [1.165, 1.54) is 16.4 Å². The first kappa shape index (κ1) is 22.0. The summed E-state index contributed by atoms with van der Waals surface area (Å²) in [6.07, 6.45) is 2.63. The normalized spacial score (nSPS) is 14.8. The van der Waals surface area contributed by atoms with Gasteiger partial charge in [-0.1, -0.05) is 35.8 Å². The number of para-hydroxylation sites is 1. The van der Waals surface area contributed by atoms with Crippen molar-refractivity contribution in [1.82, 2.24) is 9.46 Å². The van der Waals surface area contributed by atoms with Crippen LogP contribution >= 0.6 is 0 Å². The Morgan fingerprint density at radius 2 is 1.78 bits per heavy atom. The number of nitrogens with zero attached hydrogens (tertiary/aromatic N) is 2. The van der Waals surface area contributed by atoms with Crippen molar-refractivity contribution in [3.63, 3.8) is 0 Å². The molecule has 168 valence electrons. The fraction of sp³-hybridized carbons (Fsp3) is 0.304. The van der Waals surface area contributed by atoms with Crippen LogP contribution in [-0.2, 0) is 21.4 Å². The van der Waals surface area contributed by atoms with Crippen LogP contribution in [0.4, 0.5) is 0 Å². The first-order chi connectivity index (χ1) is 15.5. The minimum absolute atomic E-state index is 0.00235. The number of carbonyl (C=O) groups is 1. The molecule has 0 N–H and O–H groups in total. The topological polar surface area (TPSA) is 98.9 Å². The molecule has 1 aliphatic rings. The molecule has 32 heavy (non-hydrogen) atoms. The summed E-state index contributed by atoms with van der Waals surface area (Å²) in [5.41, 5.74) is 1.29. The molecule has 0 spiro atoms. The molecule has 1 aromatic heterocycles. The van der Waals surface area contributed by atoms with Crippen LogP contribution in [0, 0.1) is 0 Å². The quantitative estimate of drug-likeness (QED) is 0.498. The molecule has 0 aliphatic carbocycles. The summed E-state index contributed by atoms with van der Waals surface area (Å²) < 4.78 is 43.6. The van der Waals surface area contributed by atoms with Gasteiger partial charge in [0.05, 0.1) is 17.6 Å². The van der Waals surface area contributed by atoms with E-state index >= 15 is 0 Å². The maximum Gasteiger partial charge on any atom is 0.339 e. The van der Waals surface area contributed by atoms with Gasteiger partial charge in [-0.05, 0) is 37.1 Å². The Kier molecular flexibility index (Phi) is 6.57. The molecule has 9 heteroatoms. The smallest absolute Gasteiger partial charge is 0.339 e. The van der Waals surface area contributed by atoms with Gasteiger partial charge in [0.15, 0.2) is 12.4 Å². The van der Waals surface area contributed by atoms with Crippen molar-refractivity contribution in [3.8, 4) is 17.0 Å². The fourth-order valence-electron chi connectivity index (χ4n) is 3.68. The van der Waals surface area contributed by atoms with Crippen molar-refractivity contribution < 1.29 is 27.2 Å². The Morgan fingerprint density at radius 3 is 2.56 bits per heavy atom. The van der Waals surface area contributed by atoms with Crippen molar-refractivity contribution >= 4 is 16.0 Å². The molecule has 8 nitrogen and oxygen atoms in total. The third-order valence-corrected chi connectivity index (χ3v) is 7.28. The van der Waals surface area contributed by atoms with E-state index in [0.717, 1.165) is 24.8 Å². The highest BCUT2D eigenvalue weighted by atomic mass is 32.2. The second kappa shape index (κ2) is 9.54. The minimum atomic E-state index is -3.78. The number of benzene rings is 2. The molecule has 0 amide bonds. The van der Waals surface area contributed by atoms with Gasteiger partial charge in [0.2, 0.25) is 10.0 Å². The minimum Gasteiger partial charge on any atom is -0.496 e. The maximum absolute atomic E-state index is 13.1. The van der Waals surface area contributed by atoms with Crippen LogP contribution in [0.1, 0.15) is 35.4 Å². The summed E-state index contributed by atoms with van der Waals surface area (Å²) in [5.74, 6) is 0.230. The van der Waals surface area contributed by atoms with Crippen LogP contribution < -0.4 is 4.74 Å². The number of piperidine rings is 1. The van der Waals surface area contributed by atoms with Gasteiger partial charge in [-0.3, -0.25) is 0 Å². The van der Waals surface area contributed by atoms with E-state index in [1.807, 2.05) is 24.3 Å². The van der Waals surface area contributed by atoms with Gasteiger partial charge < -0.3 is 14.0 Å². The largest absolute Gasteiger partial charge is 0.496 e. The van der Waals surface area contributed by atoms with Gasteiger partial charge in [0.1, 0.15) is 11.4 Å². The van der Waals surface area contributed by atoms with E-state index in [9.17, 15) is 13.2 Å². The predicted molar refractivity (Wildman–Crippen MR) is 117 cm³/mol. The first-order valence-electron chi connectivity index (χ1n) is 10.4. The third-order valence-electron chi connectivity index (χ3n) is 5.33. The van der Waals surface area contributed by atoms with Crippen LogP contribution in [0.15, 0.2) is 64.0 Å². The van der Waals surface area contributed by atoms with E-state index in [-0.39, 0.29) is 17.1 Å². The molecule has 2 aromatic carbocycles. The summed E-state index contributed by atoms with van der Waals surface area (Å²) >= 11 is 0. The van der Waals surface area contributed by atoms with E-state index in [4.69, 9.17) is 14.0 Å². The maximum atomic E-state index is 13.1. The molecule has 2 heterocycles. The molecule has 0 bridgehead atoms. The van der Waals surface area contributed by atoms with Gasteiger partial charge in [0.25, 0.3) is 0 Å². The molecule has 0 atom stereocenters. The third kappa shape index (κ3) is 4.53. The average molecular weight is 457 g/mol. The lowest BCUT2D eigenvalue weighted by molar-refractivity contribution is 0.0432. The number of ether oxygens (including phenoxy) is 2. The Morgan fingerprint density at radius 1 is 1.06 bits per heavy atom. The number of esters is 1. The van der Waals surface area contributed by atoms with E-state index in [2.05, 4.69) is 5.16 Å². The van der Waals surface area contributed by atoms with E-state index in [0.29, 0.717) is 30.3 Å². The van der Waals surface area contributed by atoms with Crippen molar-refractivity contribution in [2.24, 2.45) is 0 Å². The summed E-state index contributed by atoms with van der Waals surface area (Å²) in [4.78, 5) is 12.7. The van der Waals surface area contributed by atoms with Crippen LogP contribution in [0.5, 0.6) is 5.75 Å². The summed E-state index contributed by atoms with van der Waals surface area (Å²) in [7, 11) is -2.21. The lowest BCUT2D eigenvalue weighted by Crippen LogP contribution is -2.36. The first-order valence-corrected chi connectivity index (χ1v) is 11.8. The molecular formula is C23H24N2O6S. The zero-order valence-electron chi connectivity index (χ0n) is 17.7. The number of sulfonamides is 1. The van der Waals surface area contributed by atoms with Gasteiger partial charge in [0, 0.05) is 24.7 Å². The van der Waals surface area contributed by atoms with E-state index in [1.54, 1.807) is 25.3 Å². The Balaban J connectivity index is 1.50. The molecule has 1 fully saturated rings. The molecular weight excluding hydrogens is 432 g/mol. The highest BCUT2D eigenvalue weighted by Crippen LogP contribution is 2.29. The Hall–Kier alpha value is -3.17. The van der Waals surface area contributed by atoms with Crippen molar-refractivity contribution in [3.05, 3.63) is 65.9 Å². The molecule has 0 radical (unpaired) electrons. The van der Waals surface area contributed by atoms with Gasteiger partial charge in [-0.2, -0.15) is 4.31 Å². The monoisotopic (exact) mass is 456 g/mol. The standard InChI is InChI=1S/C23H24N2O6S/c1-29-21-11-5-3-9-18(21)20-15-17(31-24-20)16-30-23(26)19-10-4-6-12-22(19)32(27,28)25-13-7-2-8-14-25/h3-6,9-12,15H,2,7-8,13-14,16H2,1H3. The number of aromatic nitrogens is 1. The number of methoxy groups -OCH3 is 1. The zero-order chi connectivity index (χ0) is 22.6. The van der Waals surface area contributed by atoms with Crippen LogP contribution in [0.2, 0.25) is 0 Å². The van der Waals surface area contributed by atoms with Crippen molar-refractivity contribution in [2.75, 3.05) is 20.2 Å². The van der Waals surface area contributed by atoms with Crippen LogP contribution in [-0.4, -0.2) is 44.0 Å². The lowest BCUT2D eigenvalue weighted by Gasteiger charge is -2.26. The van der Waals surface area contributed by atoms with Gasteiger partial charge in [-0.15, -0.1) is 0 Å². The van der Waals surface area contributed by atoms with Crippen molar-refractivity contribution in [1.29, 1.82) is 0 Å². The lowest BCUT2D eigenvalue weighted by atomic mass is 10.1. The van der Waals surface area contributed by atoms with Gasteiger partial charge in [-0.25, -0.2) is 13.2 Å². The highest BCUT2D eigenvalue weighted by Gasteiger charge is 2.30. The molecule has 0 saturated carbocycles. The molecule has 1 aliphatic heterocycles. The highest BCUT2D eigenvalue weighted by molar-refractivity contribution is 7.89.